The maximum atomic E-state index is 13.4. The summed E-state index contributed by atoms with van der Waals surface area (Å²) < 4.78 is 36.6. The highest BCUT2D eigenvalue weighted by atomic mass is 17.3. The van der Waals surface area contributed by atoms with Gasteiger partial charge in [0.25, 0.3) is 0 Å². The lowest BCUT2D eigenvalue weighted by Gasteiger charge is -2.57. The summed E-state index contributed by atoms with van der Waals surface area (Å²) >= 11 is 0. The van der Waals surface area contributed by atoms with Crippen molar-refractivity contribution in [1.29, 1.82) is 0 Å². The van der Waals surface area contributed by atoms with Gasteiger partial charge in [0.1, 0.15) is 11.9 Å². The monoisotopic (exact) mass is 662 g/mol. The summed E-state index contributed by atoms with van der Waals surface area (Å²) in [6.45, 7) is 0. The van der Waals surface area contributed by atoms with Crippen molar-refractivity contribution in [3.05, 3.63) is 36.5 Å². The van der Waals surface area contributed by atoms with Crippen molar-refractivity contribution in [3.8, 4) is 39.9 Å². The second kappa shape index (κ2) is 12.1. The van der Waals surface area contributed by atoms with Gasteiger partial charge in [-0.25, -0.2) is 9.48 Å². The molecule has 3 aromatic rings. The van der Waals surface area contributed by atoms with Crippen LogP contribution in [-0.4, -0.2) is 67.2 Å². The minimum absolute atomic E-state index is 0.373. The molecule has 2 unspecified atom stereocenters. The molecule has 2 atom stereocenters. The highest BCUT2D eigenvalue weighted by Gasteiger charge is 2.67. The zero-order valence-corrected chi connectivity index (χ0v) is 27.7. The number of carbonyl (C=O) groups excluding carboxylic acids is 1. The van der Waals surface area contributed by atoms with Crippen molar-refractivity contribution in [2.45, 2.75) is 75.5 Å². The first kappa shape index (κ1) is 31.2. The lowest BCUT2D eigenvalue weighted by molar-refractivity contribution is -0.390. The quantitative estimate of drug-likeness (QED) is 0.273. The number of nitrogens with zero attached hydrogens (tertiary/aromatic N) is 3. The van der Waals surface area contributed by atoms with Crippen LogP contribution < -0.4 is 24.3 Å². The van der Waals surface area contributed by atoms with Crippen LogP contribution in [0.5, 0.6) is 23.0 Å². The van der Waals surface area contributed by atoms with Gasteiger partial charge in [-0.3, -0.25) is 5.32 Å². The van der Waals surface area contributed by atoms with Crippen LogP contribution in [0.15, 0.2) is 36.5 Å². The predicted molar refractivity (Wildman–Crippen MR) is 171 cm³/mol. The molecule has 6 aliphatic rings. The lowest BCUT2D eigenvalue weighted by atomic mass is 9.53. The number of methoxy groups -OCH3 is 4. The molecule has 1 saturated heterocycles. The van der Waals surface area contributed by atoms with E-state index in [1.807, 2.05) is 6.07 Å². The van der Waals surface area contributed by atoms with Crippen LogP contribution in [0.1, 0.15) is 57.8 Å². The second-order valence-electron chi connectivity index (χ2n) is 13.8. The highest BCUT2D eigenvalue weighted by molar-refractivity contribution is 5.88. The van der Waals surface area contributed by atoms with Gasteiger partial charge in [-0.05, 0) is 75.0 Å². The summed E-state index contributed by atoms with van der Waals surface area (Å²) in [6.07, 6.45) is 9.24. The Hall–Kier alpha value is -4.07. The van der Waals surface area contributed by atoms with Gasteiger partial charge in [-0.15, -0.1) is 5.10 Å². The van der Waals surface area contributed by atoms with Crippen LogP contribution in [-0.2, 0) is 19.2 Å². The summed E-state index contributed by atoms with van der Waals surface area (Å²) in [4.78, 5) is 25.6. The Labute approximate surface area is 279 Å². The number of ether oxygens (including phenoxy) is 6. The van der Waals surface area contributed by atoms with Gasteiger partial charge >= 0.3 is 6.09 Å². The molecule has 1 aromatic heterocycles. The molecule has 5 aliphatic carbocycles. The number of hydrogen-bond acceptors (Lipinski definition) is 11. The molecular weight excluding hydrogens is 620 g/mol. The molecule has 4 bridgehead atoms. The van der Waals surface area contributed by atoms with Crippen LogP contribution in [0.25, 0.3) is 16.9 Å². The third-order valence-corrected chi connectivity index (χ3v) is 11.0. The van der Waals surface area contributed by atoms with Crippen molar-refractivity contribution < 1.29 is 43.0 Å². The van der Waals surface area contributed by atoms with E-state index >= 15 is 0 Å². The number of carbonyl (C=O) groups is 1. The first-order chi connectivity index (χ1) is 23.4. The molecule has 2 aromatic carbocycles. The minimum Gasteiger partial charge on any atom is -0.495 e. The van der Waals surface area contributed by atoms with Gasteiger partial charge in [-0.2, -0.15) is 9.78 Å². The van der Waals surface area contributed by atoms with E-state index in [9.17, 15) is 4.79 Å². The number of amides is 1. The fraction of sp³-hybridized carbons (Fsp3) is 0.571. The molecule has 13 heteroatoms. The van der Waals surface area contributed by atoms with Gasteiger partial charge in [0.05, 0.1) is 51.7 Å². The van der Waals surface area contributed by atoms with E-state index in [0.717, 1.165) is 49.5 Å². The third-order valence-electron chi connectivity index (χ3n) is 11.0. The van der Waals surface area contributed by atoms with Crippen LogP contribution in [0.2, 0.25) is 0 Å². The molecule has 2 spiro atoms. The van der Waals surface area contributed by atoms with E-state index in [0.29, 0.717) is 71.2 Å². The maximum Gasteiger partial charge on any atom is 0.412 e. The van der Waals surface area contributed by atoms with E-state index in [1.54, 1.807) is 63.6 Å². The SMILES string of the molecule is COc1ccc(-c2cnnn2-c2cc(OC)c(OC)c(OC)c2)cc1NC(=O)OC1CCCC2(C1)OOC1(O2)C2CC3CC(C2)CC1C3. The predicted octanol–water partition coefficient (Wildman–Crippen LogP) is 6.29. The van der Waals surface area contributed by atoms with E-state index < -0.39 is 23.8 Å². The van der Waals surface area contributed by atoms with E-state index in [4.69, 9.17) is 38.2 Å². The molecule has 48 heavy (non-hydrogen) atoms. The van der Waals surface area contributed by atoms with Crippen molar-refractivity contribution in [2.75, 3.05) is 33.8 Å². The molecule has 1 aliphatic heterocycles. The zero-order valence-electron chi connectivity index (χ0n) is 27.7. The Balaban J connectivity index is 0.980. The van der Waals surface area contributed by atoms with Gasteiger partial charge in [0, 0.05) is 42.4 Å². The zero-order chi connectivity index (χ0) is 33.0. The number of benzene rings is 2. The Bertz CT molecular complexity index is 1640. The van der Waals surface area contributed by atoms with Crippen molar-refractivity contribution >= 4 is 11.8 Å². The number of aromatic nitrogens is 3. The molecule has 256 valence electrons. The van der Waals surface area contributed by atoms with Crippen molar-refractivity contribution in [3.63, 3.8) is 0 Å². The topological polar surface area (TPSA) is 134 Å². The smallest absolute Gasteiger partial charge is 0.412 e. The van der Waals surface area contributed by atoms with Gasteiger partial charge in [0.15, 0.2) is 11.5 Å². The Morgan fingerprint density at radius 2 is 1.60 bits per heavy atom. The van der Waals surface area contributed by atoms with Crippen LogP contribution in [0, 0.1) is 23.7 Å². The molecule has 1 N–H and O–H groups in total. The lowest BCUT2D eigenvalue weighted by Crippen LogP contribution is -2.59. The summed E-state index contributed by atoms with van der Waals surface area (Å²) in [5.74, 6) is 2.66. The normalized spacial score (nSPS) is 31.6. The Morgan fingerprint density at radius 3 is 2.27 bits per heavy atom. The molecule has 6 fully saturated rings. The Morgan fingerprint density at radius 1 is 0.896 bits per heavy atom. The van der Waals surface area contributed by atoms with Gasteiger partial charge in [-0.1, -0.05) is 5.21 Å². The van der Waals surface area contributed by atoms with Crippen LogP contribution >= 0.6 is 0 Å². The van der Waals surface area contributed by atoms with E-state index in [2.05, 4.69) is 15.6 Å². The summed E-state index contributed by atoms with van der Waals surface area (Å²) in [6, 6.07) is 8.99. The van der Waals surface area contributed by atoms with Crippen molar-refractivity contribution in [1.82, 2.24) is 15.0 Å². The van der Waals surface area contributed by atoms with Gasteiger partial charge < -0.3 is 28.4 Å². The second-order valence-corrected chi connectivity index (χ2v) is 13.8. The third kappa shape index (κ3) is 5.23. The first-order valence-electron chi connectivity index (χ1n) is 16.8. The largest absolute Gasteiger partial charge is 0.495 e. The van der Waals surface area contributed by atoms with E-state index in [1.165, 1.54) is 6.42 Å². The Kier molecular flexibility index (Phi) is 7.88. The summed E-state index contributed by atoms with van der Waals surface area (Å²) in [5.41, 5.74) is 2.47. The molecule has 13 nitrogen and oxygen atoms in total. The number of rotatable bonds is 8. The molecule has 5 saturated carbocycles. The first-order valence-corrected chi connectivity index (χ1v) is 16.8. The maximum absolute atomic E-state index is 13.4. The summed E-state index contributed by atoms with van der Waals surface area (Å²) in [5, 5.41) is 11.4. The van der Waals surface area contributed by atoms with Crippen LogP contribution in [0.3, 0.4) is 0 Å². The number of hydrogen-bond donors (Lipinski definition) is 1. The fourth-order valence-corrected chi connectivity index (χ4v) is 9.10. The van der Waals surface area contributed by atoms with Crippen molar-refractivity contribution in [2.24, 2.45) is 23.7 Å². The fourth-order valence-electron chi connectivity index (χ4n) is 9.10. The molecule has 0 radical (unpaired) electrons. The highest BCUT2D eigenvalue weighted by Crippen LogP contribution is 2.63. The van der Waals surface area contributed by atoms with E-state index in [-0.39, 0.29) is 0 Å². The standard InChI is InChI=1S/C35H42N4O9/c1-41-29-8-7-22(28-19-36-38-39(28)25-16-30(42-2)32(44-4)31(17-25)43-3)15-27(29)37-33(40)45-26-6-5-9-34(18-26)46-35(48-47-34)23-11-20-10-21(13-23)14-24(35)12-20/h7-8,15-17,19-21,23-24,26H,5-6,9-14,18H2,1-4H3,(H,37,40). The average molecular weight is 663 g/mol. The number of anilines is 1. The average Bonchev–Trinajstić information content (AvgIpc) is 3.72. The molecule has 9 rings (SSSR count). The molecule has 1 amide bonds. The summed E-state index contributed by atoms with van der Waals surface area (Å²) in [7, 11) is 6.20. The number of nitrogens with one attached hydrogen (secondary N) is 1. The minimum atomic E-state index is -0.894. The molecule has 2 heterocycles. The molecular formula is C35H42N4O9. The van der Waals surface area contributed by atoms with Gasteiger partial charge in [0.2, 0.25) is 17.3 Å². The van der Waals surface area contributed by atoms with Crippen LogP contribution in [0.4, 0.5) is 10.5 Å².